The fraction of sp³-hybridized carbons (Fsp3) is 0.364. The van der Waals surface area contributed by atoms with Crippen molar-refractivity contribution >= 4 is 23.5 Å². The van der Waals surface area contributed by atoms with Gasteiger partial charge in [0.25, 0.3) is 5.22 Å². The summed E-state index contributed by atoms with van der Waals surface area (Å²) in [6, 6.07) is 10.1. The number of carbonyl (C=O) groups excluding carboxylic acids is 2. The van der Waals surface area contributed by atoms with E-state index in [1.807, 2.05) is 18.2 Å². The van der Waals surface area contributed by atoms with Gasteiger partial charge in [-0.25, -0.2) is 4.79 Å². The third kappa shape index (κ3) is 4.99. The number of aromatic amines is 1. The number of nitrogens with one attached hydrogen (secondary N) is 1. The normalized spacial score (nSPS) is 12.0. The third-order valence-electron chi connectivity index (χ3n) is 4.82. The molecule has 158 valence electrons. The summed E-state index contributed by atoms with van der Waals surface area (Å²) in [5, 5.41) is 8.48. The number of ether oxygens (including phenoxy) is 1. The highest BCUT2D eigenvalue weighted by molar-refractivity contribution is 7.99. The fourth-order valence-electron chi connectivity index (χ4n) is 3.28. The van der Waals surface area contributed by atoms with Crippen molar-refractivity contribution in [1.82, 2.24) is 15.2 Å². The number of aryl methyl sites for hydroxylation is 1. The van der Waals surface area contributed by atoms with Crippen LogP contribution in [-0.4, -0.2) is 39.3 Å². The van der Waals surface area contributed by atoms with Crippen molar-refractivity contribution in [2.45, 2.75) is 45.3 Å². The molecule has 0 saturated heterocycles. The summed E-state index contributed by atoms with van der Waals surface area (Å²) < 4.78 is 10.8. The highest BCUT2D eigenvalue weighted by atomic mass is 32.2. The number of esters is 1. The lowest BCUT2D eigenvalue weighted by Gasteiger charge is -2.08. The van der Waals surface area contributed by atoms with E-state index in [0.717, 1.165) is 0 Å². The highest BCUT2D eigenvalue weighted by Crippen LogP contribution is 2.25. The van der Waals surface area contributed by atoms with E-state index in [-0.39, 0.29) is 24.1 Å². The smallest absolute Gasteiger partial charge is 0.340 e. The number of thioether (sulfide) groups is 1. The molecule has 0 aliphatic rings. The number of H-pyrrole nitrogens is 1. The standard InChI is InChI=1S/C22H25N3O4S/c1-5-28-21(27)19-14(3)20(23-15(19)4)17(26)12-30-22-25-24-18(29-22)11-13(2)16-9-7-6-8-10-16/h6-10,13,23H,5,11-12H2,1-4H3/t13-/m0/s1. The van der Waals surface area contributed by atoms with E-state index in [1.54, 1.807) is 20.8 Å². The molecule has 30 heavy (non-hydrogen) atoms. The van der Waals surface area contributed by atoms with Crippen molar-refractivity contribution in [1.29, 1.82) is 0 Å². The van der Waals surface area contributed by atoms with E-state index in [4.69, 9.17) is 9.15 Å². The van der Waals surface area contributed by atoms with E-state index >= 15 is 0 Å². The van der Waals surface area contributed by atoms with Crippen LogP contribution in [0.15, 0.2) is 40.0 Å². The molecule has 1 aromatic carbocycles. The molecule has 1 N–H and O–H groups in total. The van der Waals surface area contributed by atoms with Crippen molar-refractivity contribution in [3.63, 3.8) is 0 Å². The van der Waals surface area contributed by atoms with Crippen molar-refractivity contribution < 1.29 is 18.7 Å². The number of benzene rings is 1. The molecule has 1 atom stereocenters. The predicted octanol–water partition coefficient (Wildman–Crippen LogP) is 4.51. The van der Waals surface area contributed by atoms with Crippen molar-refractivity contribution in [3.05, 3.63) is 64.3 Å². The number of Topliss-reactive ketones (excluding diaryl/α,β-unsaturated/α-hetero) is 1. The van der Waals surface area contributed by atoms with Crippen LogP contribution in [0.5, 0.6) is 0 Å². The van der Waals surface area contributed by atoms with Gasteiger partial charge >= 0.3 is 5.97 Å². The van der Waals surface area contributed by atoms with Gasteiger partial charge in [0.2, 0.25) is 5.89 Å². The maximum Gasteiger partial charge on any atom is 0.340 e. The van der Waals surface area contributed by atoms with E-state index in [1.165, 1.54) is 17.3 Å². The first-order valence-electron chi connectivity index (χ1n) is 9.80. The second kappa shape index (κ2) is 9.75. The molecule has 8 heteroatoms. The van der Waals surface area contributed by atoms with Gasteiger partial charge in [-0.05, 0) is 37.8 Å². The first-order chi connectivity index (χ1) is 14.4. The summed E-state index contributed by atoms with van der Waals surface area (Å²) in [4.78, 5) is 27.8. The van der Waals surface area contributed by atoms with E-state index in [9.17, 15) is 9.59 Å². The molecule has 3 rings (SSSR count). The van der Waals surface area contributed by atoms with Gasteiger partial charge in [-0.15, -0.1) is 10.2 Å². The molecule has 3 aromatic rings. The molecule has 0 bridgehead atoms. The average molecular weight is 428 g/mol. The number of hydrogen-bond donors (Lipinski definition) is 1. The van der Waals surface area contributed by atoms with Crippen molar-refractivity contribution in [2.24, 2.45) is 0 Å². The van der Waals surface area contributed by atoms with Crippen LogP contribution in [-0.2, 0) is 11.2 Å². The zero-order chi connectivity index (χ0) is 21.7. The second-order valence-electron chi connectivity index (χ2n) is 7.03. The number of aromatic nitrogens is 3. The maximum atomic E-state index is 12.7. The van der Waals surface area contributed by atoms with Gasteiger partial charge in [-0.3, -0.25) is 4.79 Å². The Bertz CT molecular complexity index is 1030. The topological polar surface area (TPSA) is 98.1 Å². The molecular weight excluding hydrogens is 402 g/mol. The van der Waals surface area contributed by atoms with Crippen LogP contribution in [0.4, 0.5) is 0 Å². The third-order valence-corrected chi connectivity index (χ3v) is 5.64. The van der Waals surface area contributed by atoms with Crippen molar-refractivity contribution in [3.8, 4) is 0 Å². The number of rotatable bonds is 9. The van der Waals surface area contributed by atoms with Crippen molar-refractivity contribution in [2.75, 3.05) is 12.4 Å². The zero-order valence-corrected chi connectivity index (χ0v) is 18.3. The van der Waals surface area contributed by atoms with Crippen LogP contribution in [0.2, 0.25) is 0 Å². The Labute approximate surface area is 179 Å². The van der Waals surface area contributed by atoms with Gasteiger partial charge < -0.3 is 14.1 Å². The number of nitrogens with zero attached hydrogens (tertiary/aromatic N) is 2. The summed E-state index contributed by atoms with van der Waals surface area (Å²) in [6.45, 7) is 7.62. The maximum absolute atomic E-state index is 12.7. The quantitative estimate of drug-likeness (QED) is 0.305. The molecule has 0 radical (unpaired) electrons. The largest absolute Gasteiger partial charge is 0.462 e. The molecule has 0 aliphatic heterocycles. The lowest BCUT2D eigenvalue weighted by molar-refractivity contribution is 0.0525. The molecule has 0 aliphatic carbocycles. The Morgan fingerprint density at radius 1 is 1.20 bits per heavy atom. The van der Waals surface area contributed by atoms with Gasteiger partial charge in [0.15, 0.2) is 5.78 Å². The summed E-state index contributed by atoms with van der Waals surface area (Å²) in [7, 11) is 0. The molecule has 0 unspecified atom stereocenters. The first-order valence-corrected chi connectivity index (χ1v) is 10.8. The van der Waals surface area contributed by atoms with Gasteiger partial charge in [-0.1, -0.05) is 49.0 Å². The molecular formula is C22H25N3O4S. The van der Waals surface area contributed by atoms with Gasteiger partial charge in [0.1, 0.15) is 0 Å². The predicted molar refractivity (Wildman–Crippen MR) is 114 cm³/mol. The molecule has 2 aromatic heterocycles. The lowest BCUT2D eigenvalue weighted by atomic mass is 9.98. The van der Waals surface area contributed by atoms with Gasteiger partial charge in [-0.2, -0.15) is 0 Å². The number of carbonyl (C=O) groups is 2. The monoisotopic (exact) mass is 427 g/mol. The zero-order valence-electron chi connectivity index (χ0n) is 17.5. The van der Waals surface area contributed by atoms with Gasteiger partial charge in [0.05, 0.1) is 23.6 Å². The Morgan fingerprint density at radius 3 is 2.63 bits per heavy atom. The Balaban J connectivity index is 1.61. The Hall–Kier alpha value is -2.87. The van der Waals surface area contributed by atoms with Crippen LogP contribution in [0.3, 0.4) is 0 Å². The van der Waals surface area contributed by atoms with Crippen LogP contribution < -0.4 is 0 Å². The molecule has 2 heterocycles. The highest BCUT2D eigenvalue weighted by Gasteiger charge is 2.23. The summed E-state index contributed by atoms with van der Waals surface area (Å²) >= 11 is 1.18. The minimum absolute atomic E-state index is 0.124. The number of ketones is 1. The molecule has 0 spiro atoms. The average Bonchev–Trinajstić information content (AvgIpc) is 3.30. The van der Waals surface area contributed by atoms with Crippen LogP contribution in [0.25, 0.3) is 0 Å². The second-order valence-corrected chi connectivity index (χ2v) is 7.96. The Kier molecular flexibility index (Phi) is 7.10. The molecule has 0 fully saturated rings. The van der Waals surface area contributed by atoms with E-state index < -0.39 is 5.97 Å². The SMILES string of the molecule is CCOC(=O)c1c(C)[nH]c(C(=O)CSc2nnc(C[C@H](C)c3ccccc3)o2)c1C. The molecule has 0 amide bonds. The fourth-order valence-corrected chi connectivity index (χ4v) is 3.93. The lowest BCUT2D eigenvalue weighted by Crippen LogP contribution is -2.08. The minimum Gasteiger partial charge on any atom is -0.462 e. The summed E-state index contributed by atoms with van der Waals surface area (Å²) in [6.07, 6.45) is 0.628. The van der Waals surface area contributed by atoms with E-state index in [2.05, 4.69) is 34.2 Å². The molecule has 7 nitrogen and oxygen atoms in total. The van der Waals surface area contributed by atoms with Gasteiger partial charge in [0, 0.05) is 12.1 Å². The Morgan fingerprint density at radius 2 is 1.93 bits per heavy atom. The van der Waals surface area contributed by atoms with Crippen LogP contribution >= 0.6 is 11.8 Å². The minimum atomic E-state index is -0.426. The van der Waals surface area contributed by atoms with Crippen LogP contribution in [0.1, 0.15) is 63.3 Å². The van der Waals surface area contributed by atoms with E-state index in [0.29, 0.717) is 40.0 Å². The van der Waals surface area contributed by atoms with Crippen LogP contribution in [0, 0.1) is 13.8 Å². The number of hydrogen-bond acceptors (Lipinski definition) is 7. The molecule has 0 saturated carbocycles. The first kappa shape index (κ1) is 21.8. The summed E-state index contributed by atoms with van der Waals surface area (Å²) in [5.41, 5.74) is 3.24. The summed E-state index contributed by atoms with van der Waals surface area (Å²) in [5.74, 6) is 0.340.